The fraction of sp³-hybridized carbons (Fsp3) is 0.800. The van der Waals surface area contributed by atoms with Gasteiger partial charge in [-0.1, -0.05) is 31.6 Å². The van der Waals surface area contributed by atoms with Gasteiger partial charge in [0.2, 0.25) is 15.4 Å². The summed E-state index contributed by atoms with van der Waals surface area (Å²) in [6, 6.07) is 0.623. The van der Waals surface area contributed by atoms with E-state index in [0.717, 1.165) is 37.3 Å². The van der Waals surface area contributed by atoms with Crippen LogP contribution >= 0.6 is 11.3 Å². The number of hydrogen-bond donors (Lipinski definition) is 2. The lowest BCUT2D eigenvalue weighted by Crippen LogP contribution is -2.40. The van der Waals surface area contributed by atoms with Crippen molar-refractivity contribution in [2.24, 2.45) is 0 Å². The van der Waals surface area contributed by atoms with Gasteiger partial charge in [-0.15, -0.1) is 10.2 Å². The topological polar surface area (TPSA) is 104 Å². The lowest BCUT2D eigenvalue weighted by atomic mass is 10.00. The van der Waals surface area contributed by atoms with E-state index >= 15 is 0 Å². The van der Waals surface area contributed by atoms with E-state index in [0.29, 0.717) is 19.0 Å². The molecule has 0 saturated carbocycles. The van der Waals surface area contributed by atoms with E-state index in [1.807, 2.05) is 0 Å². The summed E-state index contributed by atoms with van der Waals surface area (Å²) >= 11 is 0.859. The molecular formula is C15H27N5O3S2. The van der Waals surface area contributed by atoms with Gasteiger partial charge in [0.15, 0.2) is 0 Å². The molecule has 2 heterocycles. The number of rotatable bonds is 9. The van der Waals surface area contributed by atoms with E-state index in [1.54, 1.807) is 6.92 Å². The number of nitrogens with one attached hydrogen (secondary N) is 2. The molecular weight excluding hydrogens is 362 g/mol. The Morgan fingerprint density at radius 3 is 2.84 bits per heavy atom. The number of likely N-dealkylation sites (tertiary alicyclic amines) is 1. The van der Waals surface area contributed by atoms with E-state index in [9.17, 15) is 13.2 Å². The first kappa shape index (κ1) is 20.2. The Morgan fingerprint density at radius 1 is 1.32 bits per heavy atom. The zero-order valence-electron chi connectivity index (χ0n) is 14.8. The monoisotopic (exact) mass is 389 g/mol. The summed E-state index contributed by atoms with van der Waals surface area (Å²) in [5.74, 6) is -0.222. The van der Waals surface area contributed by atoms with Crippen LogP contribution in [0.25, 0.3) is 0 Å². The zero-order valence-corrected chi connectivity index (χ0v) is 16.5. The smallest absolute Gasteiger partial charge is 0.269 e. The highest BCUT2D eigenvalue weighted by atomic mass is 32.2. The SMILES string of the molecule is CCC(=O)Nc1nnc(S(=O)(=O)NCCCN2CCCCC2CC)s1. The lowest BCUT2D eigenvalue weighted by molar-refractivity contribution is -0.115. The Morgan fingerprint density at radius 2 is 2.12 bits per heavy atom. The molecule has 1 saturated heterocycles. The number of piperidine rings is 1. The van der Waals surface area contributed by atoms with Crippen LogP contribution < -0.4 is 10.0 Å². The molecule has 0 radical (unpaired) electrons. The number of carbonyl (C=O) groups excluding carboxylic acids is 1. The van der Waals surface area contributed by atoms with Gasteiger partial charge in [0.05, 0.1) is 0 Å². The number of nitrogens with zero attached hydrogens (tertiary/aromatic N) is 3. The van der Waals surface area contributed by atoms with Crippen LogP contribution in [0.2, 0.25) is 0 Å². The molecule has 25 heavy (non-hydrogen) atoms. The molecule has 2 N–H and O–H groups in total. The molecule has 1 aliphatic heterocycles. The molecule has 2 rings (SSSR count). The van der Waals surface area contributed by atoms with Crippen LogP contribution in [0.15, 0.2) is 4.34 Å². The van der Waals surface area contributed by atoms with Crippen molar-refractivity contribution in [3.8, 4) is 0 Å². The predicted octanol–water partition coefficient (Wildman–Crippen LogP) is 1.82. The molecule has 1 aromatic heterocycles. The van der Waals surface area contributed by atoms with Gasteiger partial charge in [0.25, 0.3) is 10.0 Å². The third kappa shape index (κ3) is 5.98. The van der Waals surface area contributed by atoms with Gasteiger partial charge >= 0.3 is 0 Å². The normalized spacial score (nSPS) is 19.0. The largest absolute Gasteiger partial charge is 0.301 e. The first-order chi connectivity index (χ1) is 12.0. The Kier molecular flexibility index (Phi) is 7.73. The molecule has 10 heteroatoms. The van der Waals surface area contributed by atoms with Crippen LogP contribution in [0.1, 0.15) is 52.4 Å². The Balaban J connectivity index is 1.80. The minimum Gasteiger partial charge on any atom is -0.301 e. The van der Waals surface area contributed by atoms with Crippen LogP contribution in [0.5, 0.6) is 0 Å². The molecule has 0 spiro atoms. The Hall–Kier alpha value is -1.10. The second kappa shape index (κ2) is 9.56. The second-order valence-corrected chi connectivity index (χ2v) is 9.04. The quantitative estimate of drug-likeness (QED) is 0.493. The molecule has 0 aromatic carbocycles. The van der Waals surface area contributed by atoms with Crippen molar-refractivity contribution in [3.05, 3.63) is 0 Å². The zero-order chi connectivity index (χ0) is 18.3. The molecule has 1 atom stereocenters. The predicted molar refractivity (Wildman–Crippen MR) is 98.1 cm³/mol. The van der Waals surface area contributed by atoms with E-state index in [2.05, 4.69) is 32.1 Å². The molecule has 1 aliphatic rings. The maximum absolute atomic E-state index is 12.2. The molecule has 142 valence electrons. The number of carbonyl (C=O) groups is 1. The maximum atomic E-state index is 12.2. The Bertz CT molecular complexity index is 662. The van der Waals surface area contributed by atoms with Gasteiger partial charge in [0.1, 0.15) is 0 Å². The average molecular weight is 390 g/mol. The summed E-state index contributed by atoms with van der Waals surface area (Å²) in [7, 11) is -3.68. The first-order valence-corrected chi connectivity index (χ1v) is 11.1. The van der Waals surface area contributed by atoms with Crippen molar-refractivity contribution in [2.45, 2.75) is 62.8 Å². The summed E-state index contributed by atoms with van der Waals surface area (Å²) in [6.45, 7) is 6.28. The molecule has 1 amide bonds. The molecule has 8 nitrogen and oxygen atoms in total. The summed E-state index contributed by atoms with van der Waals surface area (Å²) in [6.07, 6.45) is 5.94. The van der Waals surface area contributed by atoms with Crippen LogP contribution in [-0.4, -0.2) is 55.1 Å². The highest BCUT2D eigenvalue weighted by molar-refractivity contribution is 7.91. The van der Waals surface area contributed by atoms with E-state index < -0.39 is 10.0 Å². The number of aromatic nitrogens is 2. The Labute approximate surface area is 153 Å². The minimum atomic E-state index is -3.68. The summed E-state index contributed by atoms with van der Waals surface area (Å²) in [4.78, 5) is 13.8. The van der Waals surface area contributed by atoms with Crippen LogP contribution in [-0.2, 0) is 14.8 Å². The first-order valence-electron chi connectivity index (χ1n) is 8.83. The third-order valence-electron chi connectivity index (χ3n) is 4.34. The molecule has 1 unspecified atom stereocenters. The summed E-state index contributed by atoms with van der Waals surface area (Å²) in [5.41, 5.74) is 0. The summed E-state index contributed by atoms with van der Waals surface area (Å²) < 4.78 is 26.9. The average Bonchev–Trinajstić information content (AvgIpc) is 3.08. The molecule has 0 bridgehead atoms. The highest BCUT2D eigenvalue weighted by Crippen LogP contribution is 2.21. The van der Waals surface area contributed by atoms with Crippen LogP contribution in [0.3, 0.4) is 0 Å². The van der Waals surface area contributed by atoms with Crippen molar-refractivity contribution in [1.29, 1.82) is 0 Å². The maximum Gasteiger partial charge on any atom is 0.269 e. The highest BCUT2D eigenvalue weighted by Gasteiger charge is 2.22. The fourth-order valence-electron chi connectivity index (χ4n) is 2.94. The number of amides is 1. The van der Waals surface area contributed by atoms with Gasteiger partial charge in [0, 0.05) is 19.0 Å². The molecule has 1 fully saturated rings. The van der Waals surface area contributed by atoms with E-state index in [4.69, 9.17) is 0 Å². The molecule has 1 aromatic rings. The van der Waals surface area contributed by atoms with Gasteiger partial charge < -0.3 is 10.2 Å². The number of hydrogen-bond acceptors (Lipinski definition) is 7. The van der Waals surface area contributed by atoms with Gasteiger partial charge in [-0.3, -0.25) is 4.79 Å². The minimum absolute atomic E-state index is 0.122. The second-order valence-electron chi connectivity index (χ2n) is 6.12. The summed E-state index contributed by atoms with van der Waals surface area (Å²) in [5, 5.41) is 10.1. The van der Waals surface area contributed by atoms with Gasteiger partial charge in [-0.05, 0) is 38.8 Å². The van der Waals surface area contributed by atoms with E-state index in [-0.39, 0.29) is 15.4 Å². The molecule has 0 aliphatic carbocycles. The van der Waals surface area contributed by atoms with Crippen molar-refractivity contribution >= 4 is 32.4 Å². The lowest BCUT2D eigenvalue weighted by Gasteiger charge is -2.35. The number of anilines is 1. The van der Waals surface area contributed by atoms with Crippen molar-refractivity contribution in [2.75, 3.05) is 25.0 Å². The van der Waals surface area contributed by atoms with Crippen molar-refractivity contribution in [3.63, 3.8) is 0 Å². The van der Waals surface area contributed by atoms with Crippen molar-refractivity contribution < 1.29 is 13.2 Å². The van der Waals surface area contributed by atoms with Crippen LogP contribution in [0.4, 0.5) is 5.13 Å². The third-order valence-corrected chi connectivity index (χ3v) is 7.01. The standard InChI is InChI=1S/C15H27N5O3S2/c1-3-12-8-5-6-10-20(12)11-7-9-16-25(22,23)15-19-18-14(24-15)17-13(21)4-2/h12,16H,3-11H2,1-2H3,(H,17,18,21). The van der Waals surface area contributed by atoms with Gasteiger partial charge in [-0.25, -0.2) is 13.1 Å². The van der Waals surface area contributed by atoms with Crippen LogP contribution in [0, 0.1) is 0 Å². The van der Waals surface area contributed by atoms with Gasteiger partial charge in [-0.2, -0.15) is 0 Å². The van der Waals surface area contributed by atoms with Crippen molar-refractivity contribution in [1.82, 2.24) is 19.8 Å². The number of sulfonamides is 1. The fourth-order valence-corrected chi connectivity index (χ4v) is 4.97. The van der Waals surface area contributed by atoms with E-state index in [1.165, 1.54) is 19.3 Å².